The molecule has 102 valence electrons. The number of hydrogen-bond donors (Lipinski definition) is 1. The number of aromatic nitrogens is 2. The van der Waals surface area contributed by atoms with Crippen LogP contribution in [0.25, 0.3) is 22.2 Å². The molecule has 0 aliphatic carbocycles. The van der Waals surface area contributed by atoms with Crippen LogP contribution in [0.2, 0.25) is 0 Å². The SMILES string of the molecule is CC(C)(CN)c1nccc(-c2coc3ccccc23)n1. The predicted molar refractivity (Wildman–Crippen MR) is 79.3 cm³/mol. The number of nitrogens with zero attached hydrogens (tertiary/aromatic N) is 2. The van der Waals surface area contributed by atoms with Gasteiger partial charge in [-0.05, 0) is 12.1 Å². The average Bonchev–Trinajstić information content (AvgIpc) is 2.91. The second-order valence-corrected chi connectivity index (χ2v) is 5.50. The van der Waals surface area contributed by atoms with E-state index >= 15 is 0 Å². The Hall–Kier alpha value is -2.20. The summed E-state index contributed by atoms with van der Waals surface area (Å²) >= 11 is 0. The fourth-order valence-electron chi connectivity index (χ4n) is 2.10. The van der Waals surface area contributed by atoms with Gasteiger partial charge in [0.25, 0.3) is 0 Å². The van der Waals surface area contributed by atoms with Crippen molar-refractivity contribution < 1.29 is 4.42 Å². The van der Waals surface area contributed by atoms with Crippen LogP contribution in [-0.4, -0.2) is 16.5 Å². The molecule has 20 heavy (non-hydrogen) atoms. The van der Waals surface area contributed by atoms with Crippen LogP contribution >= 0.6 is 0 Å². The van der Waals surface area contributed by atoms with E-state index in [1.54, 1.807) is 12.5 Å². The van der Waals surface area contributed by atoms with E-state index in [-0.39, 0.29) is 5.41 Å². The first-order valence-corrected chi connectivity index (χ1v) is 6.62. The lowest BCUT2D eigenvalue weighted by Gasteiger charge is -2.20. The highest BCUT2D eigenvalue weighted by Crippen LogP contribution is 2.30. The van der Waals surface area contributed by atoms with Crippen molar-refractivity contribution >= 4 is 11.0 Å². The lowest BCUT2D eigenvalue weighted by Crippen LogP contribution is -2.30. The van der Waals surface area contributed by atoms with Gasteiger partial charge < -0.3 is 10.2 Å². The Bertz CT molecular complexity index is 746. The first-order valence-electron chi connectivity index (χ1n) is 6.62. The first-order chi connectivity index (χ1) is 9.62. The minimum atomic E-state index is -0.241. The standard InChI is InChI=1S/C16H17N3O/c1-16(2,10-17)15-18-8-7-13(19-15)12-9-20-14-6-4-3-5-11(12)14/h3-9H,10,17H2,1-2H3. The summed E-state index contributed by atoms with van der Waals surface area (Å²) in [7, 11) is 0. The maximum Gasteiger partial charge on any atom is 0.135 e. The molecule has 0 fully saturated rings. The lowest BCUT2D eigenvalue weighted by molar-refractivity contribution is 0.502. The van der Waals surface area contributed by atoms with E-state index in [1.165, 1.54) is 0 Å². The number of nitrogens with two attached hydrogens (primary N) is 1. The van der Waals surface area contributed by atoms with Crippen molar-refractivity contribution in [2.24, 2.45) is 5.73 Å². The third kappa shape index (κ3) is 2.08. The van der Waals surface area contributed by atoms with E-state index < -0.39 is 0 Å². The van der Waals surface area contributed by atoms with Crippen LogP contribution in [0.1, 0.15) is 19.7 Å². The van der Waals surface area contributed by atoms with E-state index in [0.717, 1.165) is 28.1 Å². The molecule has 3 rings (SSSR count). The maximum absolute atomic E-state index is 5.80. The second-order valence-electron chi connectivity index (χ2n) is 5.50. The molecule has 0 bridgehead atoms. The molecule has 0 atom stereocenters. The predicted octanol–water partition coefficient (Wildman–Crippen LogP) is 3.13. The van der Waals surface area contributed by atoms with Gasteiger partial charge in [-0.15, -0.1) is 0 Å². The quantitative estimate of drug-likeness (QED) is 0.791. The molecule has 0 saturated heterocycles. The fraction of sp³-hybridized carbons (Fsp3) is 0.250. The first kappa shape index (κ1) is 12.8. The van der Waals surface area contributed by atoms with Crippen LogP contribution < -0.4 is 5.73 Å². The Morgan fingerprint density at radius 1 is 1.20 bits per heavy atom. The number of para-hydroxylation sites is 1. The zero-order valence-electron chi connectivity index (χ0n) is 11.6. The van der Waals surface area contributed by atoms with Crippen molar-refractivity contribution in [3.63, 3.8) is 0 Å². The van der Waals surface area contributed by atoms with Gasteiger partial charge in [0.15, 0.2) is 0 Å². The van der Waals surface area contributed by atoms with Crippen LogP contribution in [0.5, 0.6) is 0 Å². The molecular weight excluding hydrogens is 250 g/mol. The molecule has 3 aromatic rings. The molecule has 0 amide bonds. The summed E-state index contributed by atoms with van der Waals surface area (Å²) in [6.07, 6.45) is 3.52. The molecule has 2 heterocycles. The summed E-state index contributed by atoms with van der Waals surface area (Å²) in [4.78, 5) is 9.01. The molecule has 0 spiro atoms. The van der Waals surface area contributed by atoms with Gasteiger partial charge in [-0.2, -0.15) is 0 Å². The van der Waals surface area contributed by atoms with Crippen molar-refractivity contribution in [1.29, 1.82) is 0 Å². The number of fused-ring (bicyclic) bond motifs is 1. The summed E-state index contributed by atoms with van der Waals surface area (Å²) in [5.41, 5.74) is 8.27. The summed E-state index contributed by atoms with van der Waals surface area (Å²) < 4.78 is 5.57. The van der Waals surface area contributed by atoms with Crippen LogP contribution in [0.15, 0.2) is 47.2 Å². The monoisotopic (exact) mass is 267 g/mol. The molecular formula is C16H17N3O. The molecule has 2 N–H and O–H groups in total. The minimum absolute atomic E-state index is 0.241. The van der Waals surface area contributed by atoms with Crippen LogP contribution in [0.4, 0.5) is 0 Å². The van der Waals surface area contributed by atoms with Gasteiger partial charge >= 0.3 is 0 Å². The maximum atomic E-state index is 5.80. The summed E-state index contributed by atoms with van der Waals surface area (Å²) in [5, 5.41) is 1.06. The van der Waals surface area contributed by atoms with E-state index in [2.05, 4.69) is 9.97 Å². The molecule has 0 unspecified atom stereocenters. The summed E-state index contributed by atoms with van der Waals surface area (Å²) in [6, 6.07) is 9.83. The van der Waals surface area contributed by atoms with Gasteiger partial charge in [0.1, 0.15) is 17.7 Å². The van der Waals surface area contributed by atoms with Gasteiger partial charge in [0.2, 0.25) is 0 Å². The Balaban J connectivity index is 2.13. The van der Waals surface area contributed by atoms with E-state index in [0.29, 0.717) is 6.54 Å². The number of benzene rings is 1. The topological polar surface area (TPSA) is 64.9 Å². The fourth-order valence-corrected chi connectivity index (χ4v) is 2.10. The van der Waals surface area contributed by atoms with Gasteiger partial charge in [-0.3, -0.25) is 0 Å². The van der Waals surface area contributed by atoms with Crippen molar-refractivity contribution in [2.75, 3.05) is 6.54 Å². The highest BCUT2D eigenvalue weighted by molar-refractivity contribution is 5.92. The third-order valence-electron chi connectivity index (χ3n) is 3.53. The molecule has 0 saturated carbocycles. The highest BCUT2D eigenvalue weighted by Gasteiger charge is 2.22. The van der Waals surface area contributed by atoms with Crippen molar-refractivity contribution in [1.82, 2.24) is 9.97 Å². The molecule has 4 heteroatoms. The number of rotatable bonds is 3. The molecule has 0 aliphatic heterocycles. The van der Waals surface area contributed by atoms with Crippen molar-refractivity contribution in [3.05, 3.63) is 48.6 Å². The average molecular weight is 267 g/mol. The van der Waals surface area contributed by atoms with Gasteiger partial charge in [-0.25, -0.2) is 9.97 Å². The normalized spacial score (nSPS) is 11.9. The van der Waals surface area contributed by atoms with Gasteiger partial charge in [-0.1, -0.05) is 32.0 Å². The van der Waals surface area contributed by atoms with E-state index in [1.807, 2.05) is 44.2 Å². The molecule has 0 radical (unpaired) electrons. The Kier molecular flexibility index (Phi) is 3.03. The van der Waals surface area contributed by atoms with Gasteiger partial charge in [0, 0.05) is 29.1 Å². The second kappa shape index (κ2) is 4.72. The van der Waals surface area contributed by atoms with Crippen LogP contribution in [0, 0.1) is 0 Å². The van der Waals surface area contributed by atoms with E-state index in [4.69, 9.17) is 10.2 Å². The van der Waals surface area contributed by atoms with Crippen LogP contribution in [-0.2, 0) is 5.41 Å². The Morgan fingerprint density at radius 3 is 2.80 bits per heavy atom. The van der Waals surface area contributed by atoms with Crippen molar-refractivity contribution in [2.45, 2.75) is 19.3 Å². The molecule has 2 aromatic heterocycles. The lowest BCUT2D eigenvalue weighted by atomic mass is 9.92. The molecule has 1 aromatic carbocycles. The smallest absolute Gasteiger partial charge is 0.135 e. The Labute approximate surface area is 117 Å². The Morgan fingerprint density at radius 2 is 2.00 bits per heavy atom. The zero-order chi connectivity index (χ0) is 14.2. The van der Waals surface area contributed by atoms with E-state index in [9.17, 15) is 0 Å². The summed E-state index contributed by atoms with van der Waals surface area (Å²) in [6.45, 7) is 4.59. The molecule has 4 nitrogen and oxygen atoms in total. The summed E-state index contributed by atoms with van der Waals surface area (Å²) in [5.74, 6) is 0.753. The zero-order valence-corrected chi connectivity index (χ0v) is 11.6. The van der Waals surface area contributed by atoms with Crippen molar-refractivity contribution in [3.8, 4) is 11.3 Å². The largest absolute Gasteiger partial charge is 0.464 e. The number of furan rings is 1. The number of hydrogen-bond acceptors (Lipinski definition) is 4. The minimum Gasteiger partial charge on any atom is -0.464 e. The van der Waals surface area contributed by atoms with Crippen LogP contribution in [0.3, 0.4) is 0 Å². The highest BCUT2D eigenvalue weighted by atomic mass is 16.3. The van der Waals surface area contributed by atoms with Gasteiger partial charge in [0.05, 0.1) is 5.69 Å². The third-order valence-corrected chi connectivity index (χ3v) is 3.53. The molecule has 0 aliphatic rings.